The van der Waals surface area contributed by atoms with Crippen molar-refractivity contribution in [3.8, 4) is 0 Å². The third-order valence-electron chi connectivity index (χ3n) is 3.40. The molecule has 1 unspecified atom stereocenters. The molecule has 2 nitrogen and oxygen atoms in total. The summed E-state index contributed by atoms with van der Waals surface area (Å²) in [6.45, 7) is 0. The molecule has 3 rings (SSSR count). The minimum Gasteiger partial charge on any atom is -0.324 e. The Morgan fingerprint density at radius 1 is 0.895 bits per heavy atom. The summed E-state index contributed by atoms with van der Waals surface area (Å²) in [6.07, 6.45) is 2.65. The van der Waals surface area contributed by atoms with Gasteiger partial charge < -0.3 is 5.73 Å². The van der Waals surface area contributed by atoms with Gasteiger partial charge in [-0.1, -0.05) is 48.5 Å². The molecule has 1 atom stereocenters. The molecule has 94 valence electrons. The van der Waals surface area contributed by atoms with Gasteiger partial charge in [0.2, 0.25) is 0 Å². The summed E-state index contributed by atoms with van der Waals surface area (Å²) in [5.74, 6) is 0. The van der Waals surface area contributed by atoms with Gasteiger partial charge in [-0.25, -0.2) is 0 Å². The van der Waals surface area contributed by atoms with Crippen LogP contribution in [-0.4, -0.2) is 4.98 Å². The van der Waals surface area contributed by atoms with E-state index in [9.17, 15) is 0 Å². The van der Waals surface area contributed by atoms with Crippen LogP contribution in [-0.2, 0) is 6.42 Å². The fourth-order valence-corrected chi connectivity index (χ4v) is 2.40. The largest absolute Gasteiger partial charge is 0.324 e. The second-order valence-corrected chi connectivity index (χ2v) is 4.71. The van der Waals surface area contributed by atoms with Gasteiger partial charge in [-0.05, 0) is 29.7 Å². The number of hydrogen-bond donors (Lipinski definition) is 1. The summed E-state index contributed by atoms with van der Waals surface area (Å²) in [7, 11) is 0. The quantitative estimate of drug-likeness (QED) is 0.770. The van der Waals surface area contributed by atoms with Crippen molar-refractivity contribution in [2.75, 3.05) is 0 Å². The molecular formula is C17H16N2. The molecule has 2 heteroatoms. The lowest BCUT2D eigenvalue weighted by molar-refractivity contribution is 0.725. The van der Waals surface area contributed by atoms with E-state index in [1.807, 2.05) is 42.6 Å². The number of hydrogen-bond acceptors (Lipinski definition) is 2. The van der Waals surface area contributed by atoms with Gasteiger partial charge in [0.15, 0.2) is 0 Å². The highest BCUT2D eigenvalue weighted by Crippen LogP contribution is 2.22. The van der Waals surface area contributed by atoms with Gasteiger partial charge in [0, 0.05) is 17.6 Å². The van der Waals surface area contributed by atoms with Crippen molar-refractivity contribution in [1.82, 2.24) is 4.98 Å². The van der Waals surface area contributed by atoms with Crippen LogP contribution in [0.5, 0.6) is 0 Å². The molecule has 0 radical (unpaired) electrons. The number of nitrogens with two attached hydrogens (primary N) is 1. The highest BCUT2D eigenvalue weighted by atomic mass is 14.6. The summed E-state index contributed by atoms with van der Waals surface area (Å²) >= 11 is 0. The first-order chi connectivity index (χ1) is 9.34. The Balaban J connectivity index is 1.94. The van der Waals surface area contributed by atoms with E-state index in [1.54, 1.807) is 0 Å². The zero-order valence-electron chi connectivity index (χ0n) is 10.7. The highest BCUT2D eigenvalue weighted by molar-refractivity contribution is 5.82. The van der Waals surface area contributed by atoms with Gasteiger partial charge in [0.25, 0.3) is 0 Å². The van der Waals surface area contributed by atoms with Crippen molar-refractivity contribution < 1.29 is 0 Å². The monoisotopic (exact) mass is 248 g/mol. The molecule has 0 saturated carbocycles. The topological polar surface area (TPSA) is 38.9 Å². The summed E-state index contributed by atoms with van der Waals surface area (Å²) in [4.78, 5) is 4.38. The standard InChI is InChI=1S/C17H16N2/c18-16(13-6-2-1-3-7-13)12-14-8-4-10-17-15(14)9-5-11-19-17/h1-11,16H,12,18H2. The Kier molecular flexibility index (Phi) is 3.25. The van der Waals surface area contributed by atoms with Crippen LogP contribution in [0.1, 0.15) is 17.2 Å². The van der Waals surface area contributed by atoms with Crippen molar-refractivity contribution in [3.63, 3.8) is 0 Å². The lowest BCUT2D eigenvalue weighted by Crippen LogP contribution is -2.13. The van der Waals surface area contributed by atoms with E-state index in [4.69, 9.17) is 5.73 Å². The molecule has 2 aromatic carbocycles. The maximum absolute atomic E-state index is 6.30. The average molecular weight is 248 g/mol. The van der Waals surface area contributed by atoms with Crippen LogP contribution in [0.25, 0.3) is 10.9 Å². The van der Waals surface area contributed by atoms with Crippen molar-refractivity contribution in [2.24, 2.45) is 5.73 Å². The molecule has 19 heavy (non-hydrogen) atoms. The van der Waals surface area contributed by atoms with E-state index in [-0.39, 0.29) is 6.04 Å². The zero-order chi connectivity index (χ0) is 13.1. The number of benzene rings is 2. The summed E-state index contributed by atoms with van der Waals surface area (Å²) in [5, 5.41) is 1.19. The average Bonchev–Trinajstić information content (AvgIpc) is 2.48. The summed E-state index contributed by atoms with van der Waals surface area (Å²) in [6, 6.07) is 20.5. The van der Waals surface area contributed by atoms with Gasteiger partial charge in [-0.15, -0.1) is 0 Å². The van der Waals surface area contributed by atoms with Crippen LogP contribution in [0, 0.1) is 0 Å². The molecule has 0 aliphatic heterocycles. The van der Waals surface area contributed by atoms with Gasteiger partial charge in [-0.3, -0.25) is 4.98 Å². The first-order valence-corrected chi connectivity index (χ1v) is 6.48. The van der Waals surface area contributed by atoms with Gasteiger partial charge in [0.1, 0.15) is 0 Å². The fourth-order valence-electron chi connectivity index (χ4n) is 2.40. The second kappa shape index (κ2) is 5.21. The van der Waals surface area contributed by atoms with Gasteiger partial charge in [0.05, 0.1) is 5.52 Å². The van der Waals surface area contributed by atoms with Crippen LogP contribution < -0.4 is 5.73 Å². The van der Waals surface area contributed by atoms with Crippen molar-refractivity contribution in [2.45, 2.75) is 12.5 Å². The predicted molar refractivity (Wildman–Crippen MR) is 78.8 cm³/mol. The van der Waals surface area contributed by atoms with Crippen LogP contribution in [0.4, 0.5) is 0 Å². The molecule has 0 aliphatic carbocycles. The molecule has 0 spiro atoms. The molecule has 0 saturated heterocycles. The molecule has 0 bridgehead atoms. The van der Waals surface area contributed by atoms with E-state index >= 15 is 0 Å². The minimum absolute atomic E-state index is 0.0204. The third kappa shape index (κ3) is 2.49. The van der Waals surface area contributed by atoms with Crippen LogP contribution >= 0.6 is 0 Å². The van der Waals surface area contributed by atoms with E-state index < -0.39 is 0 Å². The molecule has 0 amide bonds. The van der Waals surface area contributed by atoms with E-state index in [1.165, 1.54) is 16.5 Å². The first-order valence-electron chi connectivity index (χ1n) is 6.48. The molecule has 2 N–H and O–H groups in total. The Bertz CT molecular complexity index is 672. The Labute approximate surface area is 112 Å². The van der Waals surface area contributed by atoms with E-state index in [0.29, 0.717) is 0 Å². The van der Waals surface area contributed by atoms with E-state index in [0.717, 1.165) is 11.9 Å². The Morgan fingerprint density at radius 3 is 2.58 bits per heavy atom. The van der Waals surface area contributed by atoms with Crippen molar-refractivity contribution >= 4 is 10.9 Å². The highest BCUT2D eigenvalue weighted by Gasteiger charge is 2.09. The number of pyridine rings is 1. The van der Waals surface area contributed by atoms with Crippen LogP contribution in [0.3, 0.4) is 0 Å². The lowest BCUT2D eigenvalue weighted by atomic mass is 9.97. The number of rotatable bonds is 3. The minimum atomic E-state index is 0.0204. The van der Waals surface area contributed by atoms with E-state index in [2.05, 4.69) is 29.2 Å². The fraction of sp³-hybridized carbons (Fsp3) is 0.118. The molecule has 0 aliphatic rings. The zero-order valence-corrected chi connectivity index (χ0v) is 10.7. The van der Waals surface area contributed by atoms with Crippen molar-refractivity contribution in [1.29, 1.82) is 0 Å². The maximum Gasteiger partial charge on any atom is 0.0704 e. The smallest absolute Gasteiger partial charge is 0.0704 e. The lowest BCUT2D eigenvalue weighted by Gasteiger charge is -2.13. The molecule has 1 heterocycles. The number of fused-ring (bicyclic) bond motifs is 1. The predicted octanol–water partition coefficient (Wildman–Crippen LogP) is 3.48. The first kappa shape index (κ1) is 11.9. The molecule has 3 aromatic rings. The van der Waals surface area contributed by atoms with Crippen molar-refractivity contribution in [3.05, 3.63) is 78.0 Å². The summed E-state index contributed by atoms with van der Waals surface area (Å²) in [5.41, 5.74) is 9.75. The van der Waals surface area contributed by atoms with Gasteiger partial charge in [-0.2, -0.15) is 0 Å². The molecular weight excluding hydrogens is 232 g/mol. The molecule has 0 fully saturated rings. The number of nitrogens with zero attached hydrogens (tertiary/aromatic N) is 1. The number of aromatic nitrogens is 1. The maximum atomic E-state index is 6.30. The SMILES string of the molecule is NC(Cc1cccc2ncccc12)c1ccccc1. The molecule has 1 aromatic heterocycles. The van der Waals surface area contributed by atoms with Gasteiger partial charge >= 0.3 is 0 Å². The summed E-state index contributed by atoms with van der Waals surface area (Å²) < 4.78 is 0. The van der Waals surface area contributed by atoms with Crippen LogP contribution in [0.2, 0.25) is 0 Å². The van der Waals surface area contributed by atoms with Crippen LogP contribution in [0.15, 0.2) is 66.9 Å². The third-order valence-corrected chi connectivity index (χ3v) is 3.40. The Morgan fingerprint density at radius 2 is 1.74 bits per heavy atom. The second-order valence-electron chi connectivity index (χ2n) is 4.71. The normalized spacial score (nSPS) is 12.5. The Hall–Kier alpha value is -2.19.